The number of nitro groups is 1. The highest BCUT2D eigenvalue weighted by Crippen LogP contribution is 2.30. The molecule has 0 aliphatic heterocycles. The molecule has 0 spiro atoms. The minimum absolute atomic E-state index is 0.00436. The van der Waals surface area contributed by atoms with Gasteiger partial charge in [0.2, 0.25) is 0 Å². The minimum atomic E-state index is -0.464. The topological polar surface area (TPSA) is 73.1 Å². The van der Waals surface area contributed by atoms with Crippen LogP contribution in [-0.2, 0) is 11.2 Å². The number of nitrogens with zero attached hydrogens (tertiary/aromatic N) is 2. The van der Waals surface area contributed by atoms with Crippen molar-refractivity contribution >= 4 is 44.1 Å². The van der Waals surface area contributed by atoms with Crippen LogP contribution in [0.3, 0.4) is 0 Å². The zero-order valence-corrected chi connectivity index (χ0v) is 12.9. The van der Waals surface area contributed by atoms with Crippen LogP contribution in [0.2, 0.25) is 0 Å². The van der Waals surface area contributed by atoms with Crippen LogP contribution in [0.1, 0.15) is 5.56 Å². The van der Waals surface area contributed by atoms with Crippen molar-refractivity contribution in [3.8, 4) is 0 Å². The second-order valence-corrected chi connectivity index (χ2v) is 6.86. The molecule has 0 atom stereocenters. The van der Waals surface area contributed by atoms with E-state index in [1.165, 1.54) is 23.5 Å². The van der Waals surface area contributed by atoms with Crippen molar-refractivity contribution < 1.29 is 9.72 Å². The Kier molecular flexibility index (Phi) is 4.17. The summed E-state index contributed by atoms with van der Waals surface area (Å²) in [6.45, 7) is 0. The molecule has 7 heteroatoms. The molecule has 0 fully saturated rings. The third kappa shape index (κ3) is 3.32. The molecule has 3 aromatic rings. The molecular formula is C15H10N2O3S2. The van der Waals surface area contributed by atoms with Crippen LogP contribution in [0.4, 0.5) is 5.69 Å². The highest BCUT2D eigenvalue weighted by atomic mass is 32.2. The van der Waals surface area contributed by atoms with Gasteiger partial charge in [-0.05, 0) is 29.5 Å². The minimum Gasteiger partial charge on any atom is -0.286 e. The van der Waals surface area contributed by atoms with E-state index in [2.05, 4.69) is 4.98 Å². The van der Waals surface area contributed by atoms with Gasteiger partial charge in [-0.15, -0.1) is 11.3 Å². The zero-order chi connectivity index (χ0) is 15.5. The predicted molar refractivity (Wildman–Crippen MR) is 87.3 cm³/mol. The fourth-order valence-electron chi connectivity index (χ4n) is 1.97. The van der Waals surface area contributed by atoms with Crippen LogP contribution < -0.4 is 0 Å². The first-order valence-corrected chi connectivity index (χ1v) is 8.05. The first-order valence-electron chi connectivity index (χ1n) is 6.41. The van der Waals surface area contributed by atoms with E-state index in [0.717, 1.165) is 22.0 Å². The monoisotopic (exact) mass is 330 g/mol. The molecule has 0 saturated heterocycles. The number of carbonyl (C=O) groups excluding carboxylic acids is 1. The van der Waals surface area contributed by atoms with Gasteiger partial charge < -0.3 is 0 Å². The van der Waals surface area contributed by atoms with E-state index in [9.17, 15) is 14.9 Å². The summed E-state index contributed by atoms with van der Waals surface area (Å²) in [5.41, 5.74) is 1.50. The molecular weight excluding hydrogens is 320 g/mol. The van der Waals surface area contributed by atoms with E-state index >= 15 is 0 Å². The van der Waals surface area contributed by atoms with Gasteiger partial charge in [-0.3, -0.25) is 14.9 Å². The van der Waals surface area contributed by atoms with Gasteiger partial charge in [0.25, 0.3) is 5.69 Å². The number of benzene rings is 2. The number of hydrogen-bond donors (Lipinski definition) is 0. The Morgan fingerprint density at radius 1 is 1.23 bits per heavy atom. The van der Waals surface area contributed by atoms with E-state index in [0.29, 0.717) is 9.90 Å². The molecule has 5 nitrogen and oxygen atoms in total. The Bertz CT molecular complexity index is 828. The van der Waals surface area contributed by atoms with Crippen molar-refractivity contribution in [1.82, 2.24) is 4.98 Å². The Hall–Kier alpha value is -2.25. The summed E-state index contributed by atoms with van der Waals surface area (Å²) in [5, 5.41) is 10.7. The molecule has 0 N–H and O–H groups in total. The molecule has 0 radical (unpaired) electrons. The van der Waals surface area contributed by atoms with Gasteiger partial charge in [0.1, 0.15) is 0 Å². The lowest BCUT2D eigenvalue weighted by Crippen LogP contribution is -1.98. The lowest BCUT2D eigenvalue weighted by Gasteiger charge is -1.99. The Morgan fingerprint density at radius 3 is 2.82 bits per heavy atom. The number of thiazole rings is 1. The largest absolute Gasteiger partial charge is 0.286 e. The van der Waals surface area contributed by atoms with Crippen LogP contribution in [0, 0.1) is 10.1 Å². The summed E-state index contributed by atoms with van der Waals surface area (Å²) < 4.78 is 1.73. The van der Waals surface area contributed by atoms with Crippen molar-refractivity contribution in [2.24, 2.45) is 0 Å². The average molecular weight is 330 g/mol. The summed E-state index contributed by atoms with van der Waals surface area (Å²) in [6, 6.07) is 13.8. The highest BCUT2D eigenvalue weighted by Gasteiger charge is 2.12. The quantitative estimate of drug-likeness (QED) is 0.410. The maximum Gasteiger partial charge on any atom is 0.269 e. The lowest BCUT2D eigenvalue weighted by atomic mass is 10.1. The number of hydrogen-bond acceptors (Lipinski definition) is 6. The third-order valence-corrected chi connectivity index (χ3v) is 4.91. The van der Waals surface area contributed by atoms with Gasteiger partial charge in [-0.25, -0.2) is 4.98 Å². The van der Waals surface area contributed by atoms with E-state index in [1.54, 1.807) is 12.1 Å². The van der Waals surface area contributed by atoms with Gasteiger partial charge in [-0.1, -0.05) is 24.3 Å². The van der Waals surface area contributed by atoms with Gasteiger partial charge >= 0.3 is 0 Å². The Balaban J connectivity index is 1.72. The number of fused-ring (bicyclic) bond motifs is 1. The fraction of sp³-hybridized carbons (Fsp3) is 0.0667. The average Bonchev–Trinajstić information content (AvgIpc) is 2.89. The van der Waals surface area contributed by atoms with Crippen LogP contribution in [-0.4, -0.2) is 15.0 Å². The lowest BCUT2D eigenvalue weighted by molar-refractivity contribution is -0.384. The normalized spacial score (nSPS) is 10.7. The molecule has 2 aromatic carbocycles. The van der Waals surface area contributed by atoms with Crippen molar-refractivity contribution in [1.29, 1.82) is 0 Å². The van der Waals surface area contributed by atoms with Crippen LogP contribution in [0.5, 0.6) is 0 Å². The predicted octanol–water partition coefficient (Wildman–Crippen LogP) is 4.07. The Morgan fingerprint density at radius 2 is 2.05 bits per heavy atom. The van der Waals surface area contributed by atoms with E-state index in [4.69, 9.17) is 0 Å². The van der Waals surface area contributed by atoms with E-state index < -0.39 is 4.92 Å². The SMILES string of the molecule is O=C(Cc1cccc([N+](=O)[O-])c1)Sc1nc2ccccc2s1. The number of thioether (sulfide) groups is 1. The summed E-state index contributed by atoms with van der Waals surface area (Å²) in [5.74, 6) is 0. The molecule has 0 amide bonds. The van der Waals surface area contributed by atoms with Crippen LogP contribution in [0.15, 0.2) is 52.9 Å². The van der Waals surface area contributed by atoms with E-state index in [-0.39, 0.29) is 17.2 Å². The van der Waals surface area contributed by atoms with Crippen molar-refractivity contribution in [3.05, 3.63) is 64.2 Å². The second-order valence-electron chi connectivity index (χ2n) is 4.53. The molecule has 110 valence electrons. The zero-order valence-electron chi connectivity index (χ0n) is 11.3. The number of nitro benzene ring substituents is 1. The smallest absolute Gasteiger partial charge is 0.269 e. The molecule has 1 aromatic heterocycles. The number of non-ortho nitro benzene ring substituents is 1. The summed E-state index contributed by atoms with van der Waals surface area (Å²) in [7, 11) is 0. The fourth-order valence-corrected chi connectivity index (χ4v) is 3.96. The molecule has 0 unspecified atom stereocenters. The van der Waals surface area contributed by atoms with Crippen molar-refractivity contribution in [2.45, 2.75) is 10.8 Å². The Labute approximate surface area is 134 Å². The third-order valence-electron chi connectivity index (χ3n) is 2.95. The van der Waals surface area contributed by atoms with Crippen molar-refractivity contribution in [2.75, 3.05) is 0 Å². The molecule has 22 heavy (non-hydrogen) atoms. The highest BCUT2D eigenvalue weighted by molar-refractivity contribution is 8.15. The number of para-hydroxylation sites is 1. The summed E-state index contributed by atoms with van der Waals surface area (Å²) in [6.07, 6.45) is 0.141. The molecule has 1 heterocycles. The first kappa shape index (κ1) is 14.7. The van der Waals surface area contributed by atoms with Gasteiger partial charge in [0.05, 0.1) is 15.1 Å². The number of rotatable bonds is 4. The van der Waals surface area contributed by atoms with Crippen LogP contribution >= 0.6 is 23.1 Å². The molecule has 3 rings (SSSR count). The van der Waals surface area contributed by atoms with Crippen LogP contribution in [0.25, 0.3) is 10.2 Å². The number of aromatic nitrogens is 1. The standard InChI is InChI=1S/C15H10N2O3S2/c18-14(9-10-4-3-5-11(8-10)17(19)20)22-15-16-12-6-1-2-7-13(12)21-15/h1-8H,9H2. The second kappa shape index (κ2) is 6.25. The molecule has 0 aliphatic carbocycles. The van der Waals surface area contributed by atoms with Crippen molar-refractivity contribution in [3.63, 3.8) is 0 Å². The molecule has 0 aliphatic rings. The summed E-state index contributed by atoms with van der Waals surface area (Å²) >= 11 is 2.54. The van der Waals surface area contributed by atoms with Gasteiger partial charge in [-0.2, -0.15) is 0 Å². The van der Waals surface area contributed by atoms with E-state index in [1.807, 2.05) is 24.3 Å². The summed E-state index contributed by atoms with van der Waals surface area (Å²) in [4.78, 5) is 26.8. The van der Waals surface area contributed by atoms with Gasteiger partial charge in [0, 0.05) is 18.6 Å². The molecule has 0 bridgehead atoms. The number of carbonyl (C=O) groups is 1. The molecule has 0 saturated carbocycles. The van der Waals surface area contributed by atoms with Gasteiger partial charge in [0.15, 0.2) is 9.45 Å². The first-order chi connectivity index (χ1) is 10.6. The maximum atomic E-state index is 12.1. The maximum absolute atomic E-state index is 12.1.